The van der Waals surface area contributed by atoms with Gasteiger partial charge in [-0.1, -0.05) is 27.2 Å². The SMILES string of the molecule is CC.CCCCn1ccc2cc(N(C)C)ccc21. The lowest BCUT2D eigenvalue weighted by atomic mass is 10.2. The molecule has 0 aliphatic carbocycles. The predicted molar refractivity (Wildman–Crippen MR) is 82.5 cm³/mol. The predicted octanol–water partition coefficient (Wildman–Crippen LogP) is 4.53. The molecule has 0 aliphatic heterocycles. The van der Waals surface area contributed by atoms with Gasteiger partial charge in [-0.2, -0.15) is 0 Å². The van der Waals surface area contributed by atoms with Gasteiger partial charge in [0.2, 0.25) is 0 Å². The van der Waals surface area contributed by atoms with E-state index in [0.717, 1.165) is 6.54 Å². The van der Waals surface area contributed by atoms with E-state index in [0.29, 0.717) is 0 Å². The fourth-order valence-electron chi connectivity index (χ4n) is 1.99. The van der Waals surface area contributed by atoms with E-state index < -0.39 is 0 Å². The van der Waals surface area contributed by atoms with Gasteiger partial charge < -0.3 is 9.47 Å². The van der Waals surface area contributed by atoms with Crippen LogP contribution in [0.25, 0.3) is 10.9 Å². The second-order valence-corrected chi connectivity index (χ2v) is 4.50. The van der Waals surface area contributed by atoms with Crippen LogP contribution in [0, 0.1) is 0 Å². The lowest BCUT2D eigenvalue weighted by Gasteiger charge is -2.12. The van der Waals surface area contributed by atoms with Gasteiger partial charge in [0.15, 0.2) is 0 Å². The molecule has 0 unspecified atom stereocenters. The normalized spacial score (nSPS) is 10.1. The Morgan fingerprint density at radius 1 is 1.11 bits per heavy atom. The number of aryl methyl sites for hydroxylation is 1. The van der Waals surface area contributed by atoms with Gasteiger partial charge in [-0.15, -0.1) is 0 Å². The molecule has 0 saturated heterocycles. The highest BCUT2D eigenvalue weighted by Crippen LogP contribution is 2.22. The maximum atomic E-state index is 2.35. The van der Waals surface area contributed by atoms with Gasteiger partial charge in [0, 0.05) is 43.4 Å². The van der Waals surface area contributed by atoms with Crippen LogP contribution in [0.4, 0.5) is 5.69 Å². The summed E-state index contributed by atoms with van der Waals surface area (Å²) in [4.78, 5) is 2.14. The Bertz CT molecular complexity index is 469. The third-order valence-electron chi connectivity index (χ3n) is 3.02. The summed E-state index contributed by atoms with van der Waals surface area (Å²) < 4.78 is 2.35. The van der Waals surface area contributed by atoms with Crippen LogP contribution >= 0.6 is 0 Å². The van der Waals surface area contributed by atoms with Gasteiger partial charge in [0.05, 0.1) is 0 Å². The number of aromatic nitrogens is 1. The van der Waals surface area contributed by atoms with E-state index in [1.807, 2.05) is 13.8 Å². The Morgan fingerprint density at radius 2 is 1.83 bits per heavy atom. The van der Waals surface area contributed by atoms with E-state index in [2.05, 4.69) is 60.9 Å². The molecule has 18 heavy (non-hydrogen) atoms. The zero-order chi connectivity index (χ0) is 13.5. The summed E-state index contributed by atoms with van der Waals surface area (Å²) in [7, 11) is 4.16. The molecular formula is C16H26N2. The number of hydrogen-bond acceptors (Lipinski definition) is 1. The molecule has 1 aromatic carbocycles. The molecule has 2 aromatic rings. The van der Waals surface area contributed by atoms with Crippen molar-refractivity contribution in [3.05, 3.63) is 30.5 Å². The molecule has 2 heteroatoms. The monoisotopic (exact) mass is 246 g/mol. The van der Waals surface area contributed by atoms with Crippen molar-refractivity contribution in [3.8, 4) is 0 Å². The van der Waals surface area contributed by atoms with Gasteiger partial charge in [-0.3, -0.25) is 0 Å². The molecule has 1 heterocycles. The maximum absolute atomic E-state index is 2.35. The first-order valence-electron chi connectivity index (χ1n) is 6.98. The Labute approximate surface area is 111 Å². The smallest absolute Gasteiger partial charge is 0.0481 e. The van der Waals surface area contributed by atoms with Crippen molar-refractivity contribution in [1.82, 2.24) is 4.57 Å². The average Bonchev–Trinajstić information content (AvgIpc) is 2.81. The van der Waals surface area contributed by atoms with Crippen molar-refractivity contribution in [1.29, 1.82) is 0 Å². The molecule has 0 aliphatic rings. The van der Waals surface area contributed by atoms with Gasteiger partial charge in [0.25, 0.3) is 0 Å². The van der Waals surface area contributed by atoms with E-state index in [1.165, 1.54) is 29.4 Å². The number of hydrogen-bond donors (Lipinski definition) is 0. The summed E-state index contributed by atoms with van der Waals surface area (Å²) in [6, 6.07) is 8.86. The van der Waals surface area contributed by atoms with Crippen molar-refractivity contribution >= 4 is 16.6 Å². The fourth-order valence-corrected chi connectivity index (χ4v) is 1.99. The average molecular weight is 246 g/mol. The molecular weight excluding hydrogens is 220 g/mol. The summed E-state index contributed by atoms with van der Waals surface area (Å²) in [5.74, 6) is 0. The van der Waals surface area contributed by atoms with Gasteiger partial charge in [-0.05, 0) is 30.7 Å². The Morgan fingerprint density at radius 3 is 2.44 bits per heavy atom. The molecule has 0 N–H and O–H groups in total. The van der Waals surface area contributed by atoms with Crippen molar-refractivity contribution in [2.45, 2.75) is 40.2 Å². The summed E-state index contributed by atoms with van der Waals surface area (Å²) in [6.07, 6.45) is 4.69. The molecule has 0 saturated carbocycles. The van der Waals surface area contributed by atoms with E-state index in [4.69, 9.17) is 0 Å². The minimum absolute atomic E-state index is 1.13. The van der Waals surface area contributed by atoms with Gasteiger partial charge in [0.1, 0.15) is 0 Å². The lowest BCUT2D eigenvalue weighted by Crippen LogP contribution is -2.08. The van der Waals surface area contributed by atoms with Crippen molar-refractivity contribution in [3.63, 3.8) is 0 Å². The first kappa shape index (κ1) is 14.6. The third-order valence-corrected chi connectivity index (χ3v) is 3.02. The molecule has 100 valence electrons. The molecule has 2 nitrogen and oxygen atoms in total. The summed E-state index contributed by atoms with van der Waals surface area (Å²) >= 11 is 0. The standard InChI is InChI=1S/C14H20N2.C2H6/c1-4-5-9-16-10-8-12-11-13(15(2)3)6-7-14(12)16;1-2/h6-8,10-11H,4-5,9H2,1-3H3;1-2H3. The number of rotatable bonds is 4. The highest BCUT2D eigenvalue weighted by Gasteiger charge is 2.02. The van der Waals surface area contributed by atoms with E-state index in [1.54, 1.807) is 0 Å². The van der Waals surface area contributed by atoms with Crippen molar-refractivity contribution in [2.24, 2.45) is 0 Å². The van der Waals surface area contributed by atoms with E-state index in [9.17, 15) is 0 Å². The van der Waals surface area contributed by atoms with E-state index in [-0.39, 0.29) is 0 Å². The topological polar surface area (TPSA) is 8.17 Å². The van der Waals surface area contributed by atoms with Crippen LogP contribution in [-0.4, -0.2) is 18.7 Å². The second-order valence-electron chi connectivity index (χ2n) is 4.50. The fraction of sp³-hybridized carbons (Fsp3) is 0.500. The van der Waals surface area contributed by atoms with Crippen LogP contribution < -0.4 is 4.90 Å². The molecule has 1 aromatic heterocycles. The third kappa shape index (κ3) is 3.28. The van der Waals surface area contributed by atoms with Crippen LogP contribution in [0.2, 0.25) is 0 Å². The van der Waals surface area contributed by atoms with E-state index >= 15 is 0 Å². The number of nitrogens with zero attached hydrogens (tertiary/aromatic N) is 2. The number of anilines is 1. The largest absolute Gasteiger partial charge is 0.378 e. The van der Waals surface area contributed by atoms with Crippen LogP contribution in [0.15, 0.2) is 30.5 Å². The molecule has 0 fully saturated rings. The second kappa shape index (κ2) is 7.10. The minimum Gasteiger partial charge on any atom is -0.378 e. The quantitative estimate of drug-likeness (QED) is 0.769. The van der Waals surface area contributed by atoms with Gasteiger partial charge >= 0.3 is 0 Å². The Kier molecular flexibility index (Phi) is 5.76. The molecule has 0 atom stereocenters. The molecule has 2 rings (SSSR count). The van der Waals surface area contributed by atoms with Crippen molar-refractivity contribution in [2.75, 3.05) is 19.0 Å². The Hall–Kier alpha value is -1.44. The highest BCUT2D eigenvalue weighted by molar-refractivity contribution is 5.83. The summed E-state index contributed by atoms with van der Waals surface area (Å²) in [6.45, 7) is 7.36. The summed E-state index contributed by atoms with van der Waals surface area (Å²) in [5, 5.41) is 1.34. The Balaban J connectivity index is 0.000000771. The lowest BCUT2D eigenvalue weighted by molar-refractivity contribution is 0.650. The van der Waals surface area contributed by atoms with Crippen LogP contribution in [0.5, 0.6) is 0 Å². The van der Waals surface area contributed by atoms with Gasteiger partial charge in [-0.25, -0.2) is 0 Å². The molecule has 0 bridgehead atoms. The molecule has 0 amide bonds. The first-order chi connectivity index (χ1) is 8.72. The zero-order valence-electron chi connectivity index (χ0n) is 12.4. The minimum atomic E-state index is 1.13. The number of fused-ring (bicyclic) bond motifs is 1. The number of benzene rings is 1. The molecule has 0 radical (unpaired) electrons. The number of unbranched alkanes of at least 4 members (excludes halogenated alkanes) is 1. The first-order valence-corrected chi connectivity index (χ1v) is 6.98. The van der Waals surface area contributed by atoms with Crippen LogP contribution in [0.3, 0.4) is 0 Å². The van der Waals surface area contributed by atoms with Crippen LogP contribution in [0.1, 0.15) is 33.6 Å². The molecule has 0 spiro atoms. The van der Waals surface area contributed by atoms with Crippen LogP contribution in [-0.2, 0) is 6.54 Å². The van der Waals surface area contributed by atoms with Crippen molar-refractivity contribution < 1.29 is 0 Å². The summed E-state index contributed by atoms with van der Waals surface area (Å²) in [5.41, 5.74) is 2.61. The zero-order valence-corrected chi connectivity index (χ0v) is 12.4. The highest BCUT2D eigenvalue weighted by atomic mass is 15.1. The maximum Gasteiger partial charge on any atom is 0.0481 e.